The van der Waals surface area contributed by atoms with Gasteiger partial charge in [0.2, 0.25) is 0 Å². The van der Waals surface area contributed by atoms with Crippen molar-refractivity contribution < 1.29 is 4.92 Å². The lowest BCUT2D eigenvalue weighted by molar-refractivity contribution is -0.384. The Kier molecular flexibility index (Phi) is 3.79. The van der Waals surface area contributed by atoms with E-state index in [0.717, 1.165) is 10.1 Å². The van der Waals surface area contributed by atoms with Crippen LogP contribution in [0.25, 0.3) is 0 Å². The molecule has 1 aromatic heterocycles. The maximum atomic E-state index is 11.8. The molecule has 0 bridgehead atoms. The third kappa shape index (κ3) is 2.82. The number of nitrogens with zero attached hydrogens (tertiary/aromatic N) is 2. The van der Waals surface area contributed by atoms with Crippen molar-refractivity contribution in [3.05, 3.63) is 72.5 Å². The minimum atomic E-state index is -0.473. The quantitative estimate of drug-likeness (QED) is 0.664. The van der Waals surface area contributed by atoms with Gasteiger partial charge in [0.25, 0.3) is 11.2 Å². The van der Waals surface area contributed by atoms with Crippen molar-refractivity contribution in [3.63, 3.8) is 0 Å². The van der Waals surface area contributed by atoms with Gasteiger partial charge in [-0.2, -0.15) is 0 Å². The van der Waals surface area contributed by atoms with Gasteiger partial charge in [-0.05, 0) is 18.9 Å². The van der Waals surface area contributed by atoms with E-state index in [1.165, 1.54) is 18.3 Å². The standard InChI is InChI=1S/C13H13N3O4/c1-9-8-14-13(18)15(12(9)17)7-6-10-2-4-11(5-3-10)16(19)20/h2-5,8H,6-7H2,1H3,(H,14,18). The Morgan fingerprint density at radius 2 is 1.90 bits per heavy atom. The highest BCUT2D eigenvalue weighted by molar-refractivity contribution is 5.32. The molecule has 0 unspecified atom stereocenters. The van der Waals surface area contributed by atoms with Crippen LogP contribution in [0.4, 0.5) is 5.69 Å². The van der Waals surface area contributed by atoms with Crippen molar-refractivity contribution in [2.45, 2.75) is 19.9 Å². The molecule has 104 valence electrons. The summed E-state index contributed by atoms with van der Waals surface area (Å²) in [5.41, 5.74) is 0.522. The van der Waals surface area contributed by atoms with Gasteiger partial charge in [0.15, 0.2) is 0 Å². The largest absolute Gasteiger partial charge is 0.328 e. The van der Waals surface area contributed by atoms with E-state index in [2.05, 4.69) is 4.98 Å². The van der Waals surface area contributed by atoms with Crippen LogP contribution in [0.2, 0.25) is 0 Å². The fourth-order valence-corrected chi connectivity index (χ4v) is 1.84. The van der Waals surface area contributed by atoms with Gasteiger partial charge in [-0.25, -0.2) is 4.79 Å². The molecule has 0 aliphatic carbocycles. The minimum absolute atomic E-state index is 0.0133. The van der Waals surface area contributed by atoms with Gasteiger partial charge in [0.05, 0.1) is 4.92 Å². The van der Waals surface area contributed by atoms with Crippen molar-refractivity contribution in [2.24, 2.45) is 0 Å². The fraction of sp³-hybridized carbons (Fsp3) is 0.231. The molecule has 0 atom stereocenters. The van der Waals surface area contributed by atoms with E-state index in [0.29, 0.717) is 12.0 Å². The first kappa shape index (κ1) is 13.7. The van der Waals surface area contributed by atoms with E-state index >= 15 is 0 Å². The molecule has 2 aromatic rings. The van der Waals surface area contributed by atoms with Crippen molar-refractivity contribution in [1.29, 1.82) is 0 Å². The Balaban J connectivity index is 2.17. The Labute approximate surface area is 113 Å². The monoisotopic (exact) mass is 275 g/mol. The van der Waals surface area contributed by atoms with Gasteiger partial charge in [0.1, 0.15) is 0 Å². The summed E-state index contributed by atoms with van der Waals surface area (Å²) in [5.74, 6) is 0. The van der Waals surface area contributed by atoms with Gasteiger partial charge in [-0.1, -0.05) is 12.1 Å². The first-order chi connectivity index (χ1) is 9.49. The number of aromatic amines is 1. The number of nitro groups is 1. The van der Waals surface area contributed by atoms with E-state index in [1.807, 2.05) is 0 Å². The van der Waals surface area contributed by atoms with E-state index < -0.39 is 10.6 Å². The molecule has 0 aliphatic heterocycles. The molecular formula is C13H13N3O4. The molecule has 0 saturated heterocycles. The lowest BCUT2D eigenvalue weighted by Gasteiger charge is -2.05. The summed E-state index contributed by atoms with van der Waals surface area (Å²) in [4.78, 5) is 35.9. The molecule has 7 nitrogen and oxygen atoms in total. The van der Waals surface area contributed by atoms with E-state index in [-0.39, 0.29) is 17.8 Å². The number of nitro benzene ring substituents is 1. The fourth-order valence-electron chi connectivity index (χ4n) is 1.84. The second-order valence-electron chi connectivity index (χ2n) is 4.41. The van der Waals surface area contributed by atoms with Gasteiger partial charge in [-0.3, -0.25) is 19.5 Å². The summed E-state index contributed by atoms with van der Waals surface area (Å²) in [6, 6.07) is 6.04. The summed E-state index contributed by atoms with van der Waals surface area (Å²) < 4.78 is 1.12. The van der Waals surface area contributed by atoms with Crippen LogP contribution < -0.4 is 11.2 Å². The van der Waals surface area contributed by atoms with Crippen molar-refractivity contribution in [1.82, 2.24) is 9.55 Å². The second-order valence-corrected chi connectivity index (χ2v) is 4.41. The smallest absolute Gasteiger partial charge is 0.314 e. The predicted octanol–water partition coefficient (Wildman–Crippen LogP) is 0.996. The second kappa shape index (κ2) is 5.52. The molecule has 1 heterocycles. The summed E-state index contributed by atoms with van der Waals surface area (Å²) in [7, 11) is 0. The molecule has 1 aromatic carbocycles. The number of rotatable bonds is 4. The van der Waals surface area contributed by atoms with Crippen molar-refractivity contribution in [3.8, 4) is 0 Å². The van der Waals surface area contributed by atoms with Crippen LogP contribution in [0.15, 0.2) is 40.1 Å². The highest BCUT2D eigenvalue weighted by Crippen LogP contribution is 2.12. The highest BCUT2D eigenvalue weighted by Gasteiger charge is 2.06. The number of nitrogens with one attached hydrogen (secondary N) is 1. The Bertz CT molecular complexity index is 743. The number of aryl methyl sites for hydroxylation is 2. The first-order valence-corrected chi connectivity index (χ1v) is 6.01. The van der Waals surface area contributed by atoms with Crippen LogP contribution in [0.5, 0.6) is 0 Å². The third-order valence-electron chi connectivity index (χ3n) is 3.01. The molecule has 2 rings (SSSR count). The lowest BCUT2D eigenvalue weighted by Crippen LogP contribution is -2.36. The van der Waals surface area contributed by atoms with Crippen LogP contribution in [-0.4, -0.2) is 14.5 Å². The minimum Gasteiger partial charge on any atom is -0.314 e. The van der Waals surface area contributed by atoms with E-state index in [4.69, 9.17) is 0 Å². The van der Waals surface area contributed by atoms with Crippen molar-refractivity contribution >= 4 is 5.69 Å². The summed E-state index contributed by atoms with van der Waals surface area (Å²) in [6.07, 6.45) is 1.83. The third-order valence-corrected chi connectivity index (χ3v) is 3.01. The number of aromatic nitrogens is 2. The van der Waals surface area contributed by atoms with Crippen molar-refractivity contribution in [2.75, 3.05) is 0 Å². The van der Waals surface area contributed by atoms with Crippen LogP contribution in [0.3, 0.4) is 0 Å². The zero-order chi connectivity index (χ0) is 14.7. The number of hydrogen-bond acceptors (Lipinski definition) is 4. The van der Waals surface area contributed by atoms with Crippen LogP contribution in [-0.2, 0) is 13.0 Å². The normalized spacial score (nSPS) is 10.4. The number of benzene rings is 1. The topological polar surface area (TPSA) is 98.0 Å². The Morgan fingerprint density at radius 1 is 1.25 bits per heavy atom. The molecule has 0 amide bonds. The number of hydrogen-bond donors (Lipinski definition) is 1. The van der Waals surface area contributed by atoms with E-state index in [1.54, 1.807) is 19.1 Å². The molecule has 0 spiro atoms. The number of H-pyrrole nitrogens is 1. The Hall–Kier alpha value is -2.70. The van der Waals surface area contributed by atoms with Gasteiger partial charge in [0, 0.05) is 30.4 Å². The van der Waals surface area contributed by atoms with Gasteiger partial charge >= 0.3 is 5.69 Å². The molecule has 1 N–H and O–H groups in total. The van der Waals surface area contributed by atoms with Crippen LogP contribution in [0.1, 0.15) is 11.1 Å². The molecule has 0 radical (unpaired) electrons. The highest BCUT2D eigenvalue weighted by atomic mass is 16.6. The lowest BCUT2D eigenvalue weighted by atomic mass is 10.1. The molecule has 7 heteroatoms. The molecule has 0 aliphatic rings. The SMILES string of the molecule is Cc1c[nH]c(=O)n(CCc2ccc([N+](=O)[O-])cc2)c1=O. The predicted molar refractivity (Wildman–Crippen MR) is 72.9 cm³/mol. The van der Waals surface area contributed by atoms with Gasteiger partial charge in [-0.15, -0.1) is 0 Å². The summed E-state index contributed by atoms with van der Waals surface area (Å²) >= 11 is 0. The first-order valence-electron chi connectivity index (χ1n) is 6.01. The molecule has 20 heavy (non-hydrogen) atoms. The average Bonchev–Trinajstić information content (AvgIpc) is 2.43. The summed E-state index contributed by atoms with van der Waals surface area (Å²) in [6.45, 7) is 1.86. The van der Waals surface area contributed by atoms with Crippen LogP contribution in [0, 0.1) is 17.0 Å². The van der Waals surface area contributed by atoms with Crippen LogP contribution >= 0.6 is 0 Å². The zero-order valence-electron chi connectivity index (χ0n) is 10.8. The summed E-state index contributed by atoms with van der Waals surface area (Å²) in [5, 5.41) is 10.5. The molecule has 0 saturated carbocycles. The van der Waals surface area contributed by atoms with Gasteiger partial charge < -0.3 is 4.98 Å². The maximum Gasteiger partial charge on any atom is 0.328 e. The zero-order valence-corrected chi connectivity index (χ0v) is 10.8. The average molecular weight is 275 g/mol. The van der Waals surface area contributed by atoms with E-state index in [9.17, 15) is 19.7 Å². The molecular weight excluding hydrogens is 262 g/mol. The number of non-ortho nitro benzene ring substituents is 1. The maximum absolute atomic E-state index is 11.8. The Morgan fingerprint density at radius 3 is 2.50 bits per heavy atom. The molecule has 0 fully saturated rings.